The summed E-state index contributed by atoms with van der Waals surface area (Å²) in [6.45, 7) is 5.29. The quantitative estimate of drug-likeness (QED) is 0.162. The van der Waals surface area contributed by atoms with Crippen molar-refractivity contribution in [1.82, 2.24) is 10.3 Å². The Hall–Kier alpha value is -3.25. The number of esters is 1. The smallest absolute Gasteiger partial charge is 0.338 e. The van der Waals surface area contributed by atoms with Gasteiger partial charge in [-0.3, -0.25) is 19.3 Å². The molecular formula is C25H23Cl3N4O6S. The number of hydrogen-bond donors (Lipinski definition) is 2. The van der Waals surface area contributed by atoms with Crippen molar-refractivity contribution in [2.75, 3.05) is 25.1 Å². The fraction of sp³-hybridized carbons (Fsp3) is 0.240. The number of benzene rings is 2. The molecule has 3 rings (SSSR count). The molecule has 0 saturated carbocycles. The maximum Gasteiger partial charge on any atom is 0.338 e. The van der Waals surface area contributed by atoms with Gasteiger partial charge in [-0.15, -0.1) is 11.7 Å². The highest BCUT2D eigenvalue weighted by Crippen LogP contribution is 2.34. The summed E-state index contributed by atoms with van der Waals surface area (Å²) in [5, 5.41) is 6.76. The molecule has 39 heavy (non-hydrogen) atoms. The molecule has 2 N–H and O–H groups in total. The molecule has 0 aliphatic carbocycles. The number of nitrogens with one attached hydrogen (secondary N) is 2. The molecule has 2 aromatic carbocycles. The van der Waals surface area contributed by atoms with E-state index >= 15 is 0 Å². The molecule has 1 heterocycles. The Labute approximate surface area is 243 Å². The lowest BCUT2D eigenvalue weighted by molar-refractivity contribution is -0.128. The SMILES string of the molecule is C=CCN1C(=O)C(CC(=O)Nc2ccc(C(=O)OCC)cc2)S/C1=N/NC(=O)COc1cc(Cl)c(Cl)cc1Cl. The number of halogens is 3. The second kappa shape index (κ2) is 14.2. The van der Waals surface area contributed by atoms with E-state index < -0.39 is 29.6 Å². The summed E-state index contributed by atoms with van der Waals surface area (Å²) in [5.41, 5.74) is 3.13. The summed E-state index contributed by atoms with van der Waals surface area (Å²) < 4.78 is 10.3. The molecule has 1 saturated heterocycles. The average Bonchev–Trinajstić information content (AvgIpc) is 3.18. The molecule has 1 fully saturated rings. The highest BCUT2D eigenvalue weighted by atomic mass is 35.5. The van der Waals surface area contributed by atoms with Crippen LogP contribution in [0, 0.1) is 0 Å². The number of ether oxygens (including phenoxy) is 2. The van der Waals surface area contributed by atoms with E-state index in [4.69, 9.17) is 44.3 Å². The number of carbonyl (C=O) groups is 4. The van der Waals surface area contributed by atoms with Gasteiger partial charge in [0.05, 0.1) is 27.2 Å². The number of amidine groups is 1. The standard InChI is InChI=1S/C25H23Cl3N4O6S/c1-3-9-32-23(35)20(12-21(33)29-15-7-5-14(6-8-15)24(36)37-4-2)39-25(32)31-30-22(34)13-38-19-11-17(27)16(26)10-18(19)28/h3,5-8,10-11,20H,1,4,9,12-13H2,2H3,(H,29,33)(H,30,34)/b31-25+. The summed E-state index contributed by atoms with van der Waals surface area (Å²) in [6, 6.07) is 8.96. The molecule has 2 aromatic rings. The minimum absolute atomic E-state index is 0.128. The second-order valence-corrected chi connectivity index (χ2v) is 10.2. The lowest BCUT2D eigenvalue weighted by Crippen LogP contribution is -2.35. The number of anilines is 1. The van der Waals surface area contributed by atoms with Crippen LogP contribution in [0.5, 0.6) is 5.75 Å². The zero-order valence-electron chi connectivity index (χ0n) is 20.5. The molecule has 0 bridgehead atoms. The van der Waals surface area contributed by atoms with Crippen LogP contribution in [0.25, 0.3) is 0 Å². The van der Waals surface area contributed by atoms with Crippen molar-refractivity contribution >= 4 is 81.1 Å². The van der Waals surface area contributed by atoms with Gasteiger partial charge in [-0.1, -0.05) is 52.6 Å². The highest BCUT2D eigenvalue weighted by molar-refractivity contribution is 8.15. The van der Waals surface area contributed by atoms with Crippen LogP contribution in [0.4, 0.5) is 5.69 Å². The monoisotopic (exact) mass is 612 g/mol. The molecule has 1 atom stereocenters. The van der Waals surface area contributed by atoms with Crippen molar-refractivity contribution < 1.29 is 28.7 Å². The minimum atomic E-state index is -0.773. The summed E-state index contributed by atoms with van der Waals surface area (Å²) in [6.07, 6.45) is 1.35. The van der Waals surface area contributed by atoms with Gasteiger partial charge in [-0.05, 0) is 37.3 Å². The van der Waals surface area contributed by atoms with Crippen molar-refractivity contribution in [3.8, 4) is 5.75 Å². The van der Waals surface area contributed by atoms with Crippen LogP contribution in [0.3, 0.4) is 0 Å². The van der Waals surface area contributed by atoms with Crippen LogP contribution in [0.2, 0.25) is 15.1 Å². The third kappa shape index (κ3) is 8.37. The number of rotatable bonds is 11. The van der Waals surface area contributed by atoms with Crippen LogP contribution in [0.15, 0.2) is 54.2 Å². The molecule has 0 radical (unpaired) electrons. The average molecular weight is 614 g/mol. The molecule has 3 amide bonds. The molecule has 1 unspecified atom stereocenters. The minimum Gasteiger partial charge on any atom is -0.482 e. The van der Waals surface area contributed by atoms with Gasteiger partial charge >= 0.3 is 5.97 Å². The van der Waals surface area contributed by atoms with Crippen LogP contribution >= 0.6 is 46.6 Å². The van der Waals surface area contributed by atoms with E-state index in [9.17, 15) is 19.2 Å². The van der Waals surface area contributed by atoms with Crippen molar-refractivity contribution in [2.24, 2.45) is 5.10 Å². The zero-order valence-corrected chi connectivity index (χ0v) is 23.6. The number of nitrogens with zero attached hydrogens (tertiary/aromatic N) is 2. The van der Waals surface area contributed by atoms with Crippen molar-refractivity contribution in [2.45, 2.75) is 18.6 Å². The van der Waals surface area contributed by atoms with E-state index in [0.717, 1.165) is 11.8 Å². The maximum absolute atomic E-state index is 12.9. The molecular weight excluding hydrogens is 591 g/mol. The number of thioether (sulfide) groups is 1. The van der Waals surface area contributed by atoms with E-state index in [1.165, 1.54) is 35.2 Å². The topological polar surface area (TPSA) is 126 Å². The molecule has 1 aliphatic heterocycles. The Kier molecular flexibility index (Phi) is 11.0. The third-order valence-electron chi connectivity index (χ3n) is 4.99. The summed E-state index contributed by atoms with van der Waals surface area (Å²) in [5.74, 6) is -1.70. The van der Waals surface area contributed by atoms with E-state index in [2.05, 4.69) is 22.4 Å². The Balaban J connectivity index is 1.57. The van der Waals surface area contributed by atoms with E-state index in [1.807, 2.05) is 0 Å². The fourth-order valence-electron chi connectivity index (χ4n) is 3.21. The molecule has 206 valence electrons. The maximum atomic E-state index is 12.9. The Morgan fingerprint density at radius 2 is 1.79 bits per heavy atom. The predicted molar refractivity (Wildman–Crippen MR) is 151 cm³/mol. The first-order valence-corrected chi connectivity index (χ1v) is 13.4. The number of carbonyl (C=O) groups excluding carboxylic acids is 4. The van der Waals surface area contributed by atoms with Gasteiger partial charge in [0.2, 0.25) is 11.8 Å². The van der Waals surface area contributed by atoms with Gasteiger partial charge in [0.1, 0.15) is 11.0 Å². The molecule has 10 nitrogen and oxygen atoms in total. The van der Waals surface area contributed by atoms with E-state index in [-0.39, 0.29) is 51.5 Å². The number of hydrogen-bond acceptors (Lipinski definition) is 8. The Morgan fingerprint density at radius 3 is 2.46 bits per heavy atom. The van der Waals surface area contributed by atoms with E-state index in [1.54, 1.807) is 19.1 Å². The highest BCUT2D eigenvalue weighted by Gasteiger charge is 2.39. The first kappa shape index (κ1) is 30.3. The number of hydrazone groups is 1. The van der Waals surface area contributed by atoms with Crippen molar-refractivity contribution in [3.63, 3.8) is 0 Å². The summed E-state index contributed by atoms with van der Waals surface area (Å²) in [4.78, 5) is 50.9. The normalized spacial score (nSPS) is 15.7. The molecule has 0 aromatic heterocycles. The van der Waals surface area contributed by atoms with Crippen LogP contribution in [-0.4, -0.2) is 58.8 Å². The fourth-order valence-corrected chi connectivity index (χ4v) is 4.91. The van der Waals surface area contributed by atoms with Gasteiger partial charge in [0.15, 0.2) is 11.8 Å². The third-order valence-corrected chi connectivity index (χ3v) is 7.18. The predicted octanol–water partition coefficient (Wildman–Crippen LogP) is 4.75. The van der Waals surface area contributed by atoms with Gasteiger partial charge in [-0.25, -0.2) is 10.2 Å². The lowest BCUT2D eigenvalue weighted by atomic mass is 10.2. The summed E-state index contributed by atoms with van der Waals surface area (Å²) in [7, 11) is 0. The van der Waals surface area contributed by atoms with Gasteiger partial charge < -0.3 is 14.8 Å². The first-order valence-electron chi connectivity index (χ1n) is 11.4. The Morgan fingerprint density at radius 1 is 1.10 bits per heavy atom. The van der Waals surface area contributed by atoms with Crippen LogP contribution in [-0.2, 0) is 19.1 Å². The lowest BCUT2D eigenvalue weighted by Gasteiger charge is -2.14. The van der Waals surface area contributed by atoms with Gasteiger partial charge in [0, 0.05) is 24.7 Å². The summed E-state index contributed by atoms with van der Waals surface area (Å²) >= 11 is 18.9. The van der Waals surface area contributed by atoms with Gasteiger partial charge in [-0.2, -0.15) is 0 Å². The van der Waals surface area contributed by atoms with Gasteiger partial charge in [0.25, 0.3) is 5.91 Å². The van der Waals surface area contributed by atoms with Crippen LogP contribution in [0.1, 0.15) is 23.7 Å². The van der Waals surface area contributed by atoms with Crippen LogP contribution < -0.4 is 15.5 Å². The van der Waals surface area contributed by atoms with Crippen molar-refractivity contribution in [3.05, 3.63) is 69.7 Å². The first-order chi connectivity index (χ1) is 18.6. The second-order valence-electron chi connectivity index (χ2n) is 7.81. The zero-order chi connectivity index (χ0) is 28.5. The number of amides is 3. The molecule has 0 spiro atoms. The molecule has 14 heteroatoms. The largest absolute Gasteiger partial charge is 0.482 e. The van der Waals surface area contributed by atoms with E-state index in [0.29, 0.717) is 11.3 Å². The Bertz CT molecular complexity index is 1310. The van der Waals surface area contributed by atoms with Crippen molar-refractivity contribution in [1.29, 1.82) is 0 Å². The molecule has 1 aliphatic rings.